The van der Waals surface area contributed by atoms with E-state index in [4.69, 9.17) is 27.9 Å². The Morgan fingerprint density at radius 3 is 2.52 bits per heavy atom. The van der Waals surface area contributed by atoms with Crippen LogP contribution in [-0.2, 0) is 6.18 Å². The predicted octanol–water partition coefficient (Wildman–Crippen LogP) is 5.21. The van der Waals surface area contributed by atoms with Crippen LogP contribution in [0.15, 0.2) is 42.5 Å². The molecule has 25 heavy (non-hydrogen) atoms. The standard InChI is InChI=1S/C17H14Cl2F3NO2/c1-10(9-25-15-7-6-11(18)8-14(15)19)23-16(24)12-4-2-3-5-13(12)17(20,21)22/h2-8,10H,9H2,1H3,(H,23,24). The lowest BCUT2D eigenvalue weighted by Crippen LogP contribution is -2.37. The van der Waals surface area contributed by atoms with E-state index in [0.29, 0.717) is 15.8 Å². The monoisotopic (exact) mass is 391 g/mol. The highest BCUT2D eigenvalue weighted by atomic mass is 35.5. The Bertz CT molecular complexity index is 766. The summed E-state index contributed by atoms with van der Waals surface area (Å²) >= 11 is 11.7. The minimum absolute atomic E-state index is 0.0290. The van der Waals surface area contributed by atoms with E-state index in [2.05, 4.69) is 5.32 Å². The molecule has 0 aliphatic rings. The molecule has 0 bridgehead atoms. The van der Waals surface area contributed by atoms with Gasteiger partial charge in [-0.2, -0.15) is 13.2 Å². The van der Waals surface area contributed by atoms with Crippen LogP contribution in [0.4, 0.5) is 13.2 Å². The number of alkyl halides is 3. The summed E-state index contributed by atoms with van der Waals surface area (Å²) < 4.78 is 44.3. The molecule has 134 valence electrons. The number of carbonyl (C=O) groups is 1. The Balaban J connectivity index is 2.01. The molecule has 0 aliphatic heterocycles. The zero-order chi connectivity index (χ0) is 18.6. The van der Waals surface area contributed by atoms with Gasteiger partial charge in [0.05, 0.1) is 22.2 Å². The van der Waals surface area contributed by atoms with Gasteiger partial charge in [-0.05, 0) is 37.3 Å². The molecule has 0 fully saturated rings. The lowest BCUT2D eigenvalue weighted by atomic mass is 10.1. The average Bonchev–Trinajstić information content (AvgIpc) is 2.53. The highest BCUT2D eigenvalue weighted by Crippen LogP contribution is 2.32. The van der Waals surface area contributed by atoms with Crippen molar-refractivity contribution < 1.29 is 22.7 Å². The molecule has 1 unspecified atom stereocenters. The Labute approximate surface area is 152 Å². The largest absolute Gasteiger partial charge is 0.490 e. The van der Waals surface area contributed by atoms with Gasteiger partial charge in [0.2, 0.25) is 0 Å². The highest BCUT2D eigenvalue weighted by molar-refractivity contribution is 6.35. The van der Waals surface area contributed by atoms with Gasteiger partial charge < -0.3 is 10.1 Å². The van der Waals surface area contributed by atoms with Gasteiger partial charge in [-0.1, -0.05) is 35.3 Å². The van der Waals surface area contributed by atoms with E-state index in [1.807, 2.05) is 0 Å². The molecule has 1 atom stereocenters. The fourth-order valence-electron chi connectivity index (χ4n) is 2.08. The first kappa shape index (κ1) is 19.4. The lowest BCUT2D eigenvalue weighted by Gasteiger charge is -2.17. The van der Waals surface area contributed by atoms with Crippen LogP contribution in [0.5, 0.6) is 5.75 Å². The Morgan fingerprint density at radius 1 is 1.20 bits per heavy atom. The summed E-state index contributed by atoms with van der Waals surface area (Å²) in [5, 5.41) is 3.22. The number of nitrogens with one attached hydrogen (secondary N) is 1. The first-order valence-electron chi connectivity index (χ1n) is 7.23. The zero-order valence-electron chi connectivity index (χ0n) is 13.0. The molecule has 0 aliphatic carbocycles. The maximum atomic E-state index is 13.0. The number of hydrogen-bond donors (Lipinski definition) is 1. The van der Waals surface area contributed by atoms with Crippen molar-refractivity contribution in [2.24, 2.45) is 0 Å². The summed E-state index contributed by atoms with van der Waals surface area (Å²) in [5.74, 6) is -0.464. The molecule has 0 saturated carbocycles. The Hall–Kier alpha value is -1.92. The van der Waals surface area contributed by atoms with Crippen molar-refractivity contribution in [1.82, 2.24) is 5.32 Å². The number of rotatable bonds is 5. The van der Waals surface area contributed by atoms with Gasteiger partial charge in [0.1, 0.15) is 12.4 Å². The van der Waals surface area contributed by atoms with E-state index in [1.54, 1.807) is 19.1 Å². The minimum Gasteiger partial charge on any atom is -0.490 e. The predicted molar refractivity (Wildman–Crippen MR) is 90.3 cm³/mol. The second-order valence-corrected chi connectivity index (χ2v) is 6.15. The van der Waals surface area contributed by atoms with Gasteiger partial charge in [0, 0.05) is 5.02 Å². The number of hydrogen-bond acceptors (Lipinski definition) is 2. The van der Waals surface area contributed by atoms with E-state index in [0.717, 1.165) is 12.1 Å². The fraction of sp³-hybridized carbons (Fsp3) is 0.235. The smallest absolute Gasteiger partial charge is 0.417 e. The summed E-state index contributed by atoms with van der Waals surface area (Å²) in [6.45, 7) is 1.64. The minimum atomic E-state index is -4.61. The molecule has 0 heterocycles. The summed E-state index contributed by atoms with van der Waals surface area (Å²) in [7, 11) is 0. The second kappa shape index (κ2) is 7.97. The van der Waals surface area contributed by atoms with Gasteiger partial charge >= 0.3 is 6.18 Å². The zero-order valence-corrected chi connectivity index (χ0v) is 14.5. The van der Waals surface area contributed by atoms with Gasteiger partial charge in [-0.15, -0.1) is 0 Å². The molecule has 1 N–H and O–H groups in total. The van der Waals surface area contributed by atoms with E-state index in [-0.39, 0.29) is 6.61 Å². The van der Waals surface area contributed by atoms with E-state index in [9.17, 15) is 18.0 Å². The quantitative estimate of drug-likeness (QED) is 0.759. The maximum absolute atomic E-state index is 13.0. The molecule has 0 radical (unpaired) electrons. The van der Waals surface area contributed by atoms with Crippen molar-refractivity contribution in [1.29, 1.82) is 0 Å². The normalized spacial score (nSPS) is 12.6. The summed E-state index contributed by atoms with van der Waals surface area (Å²) in [4.78, 5) is 12.1. The third-order valence-electron chi connectivity index (χ3n) is 3.24. The second-order valence-electron chi connectivity index (χ2n) is 5.30. The van der Waals surface area contributed by atoms with Crippen LogP contribution in [0.3, 0.4) is 0 Å². The van der Waals surface area contributed by atoms with Crippen LogP contribution in [-0.4, -0.2) is 18.6 Å². The molecular weight excluding hydrogens is 378 g/mol. The number of halogens is 5. The van der Waals surface area contributed by atoms with Crippen molar-refractivity contribution in [3.8, 4) is 5.75 Å². The van der Waals surface area contributed by atoms with Crippen molar-refractivity contribution >= 4 is 29.1 Å². The van der Waals surface area contributed by atoms with Crippen molar-refractivity contribution in [3.05, 3.63) is 63.6 Å². The highest BCUT2D eigenvalue weighted by Gasteiger charge is 2.35. The van der Waals surface area contributed by atoms with Crippen molar-refractivity contribution in [2.75, 3.05) is 6.61 Å². The molecule has 2 aromatic rings. The first-order valence-corrected chi connectivity index (χ1v) is 7.99. The molecule has 0 aromatic heterocycles. The third kappa shape index (κ3) is 5.28. The summed E-state index contributed by atoms with van der Waals surface area (Å²) in [5.41, 5.74) is -1.42. The summed E-state index contributed by atoms with van der Waals surface area (Å²) in [6.07, 6.45) is -4.61. The third-order valence-corrected chi connectivity index (χ3v) is 3.77. The van der Waals surface area contributed by atoms with Gasteiger partial charge in [-0.3, -0.25) is 4.79 Å². The first-order chi connectivity index (χ1) is 11.7. The van der Waals surface area contributed by atoms with Crippen LogP contribution in [0.2, 0.25) is 10.0 Å². The van der Waals surface area contributed by atoms with Crippen molar-refractivity contribution in [2.45, 2.75) is 19.1 Å². The average molecular weight is 392 g/mol. The molecule has 2 aromatic carbocycles. The molecule has 0 spiro atoms. The van der Waals surface area contributed by atoms with Gasteiger partial charge in [0.15, 0.2) is 0 Å². The van der Waals surface area contributed by atoms with Crippen LogP contribution in [0.1, 0.15) is 22.8 Å². The van der Waals surface area contributed by atoms with E-state index < -0.39 is 29.3 Å². The van der Waals surface area contributed by atoms with E-state index in [1.165, 1.54) is 18.2 Å². The molecule has 3 nitrogen and oxygen atoms in total. The van der Waals surface area contributed by atoms with Gasteiger partial charge in [0.25, 0.3) is 5.91 Å². The van der Waals surface area contributed by atoms with Crippen LogP contribution < -0.4 is 10.1 Å². The number of carbonyl (C=O) groups excluding carboxylic acids is 1. The topological polar surface area (TPSA) is 38.3 Å². The molecule has 8 heteroatoms. The maximum Gasteiger partial charge on any atom is 0.417 e. The fourth-order valence-corrected chi connectivity index (χ4v) is 2.54. The number of benzene rings is 2. The molecular formula is C17H14Cl2F3NO2. The number of ether oxygens (including phenoxy) is 1. The van der Waals surface area contributed by atoms with E-state index >= 15 is 0 Å². The van der Waals surface area contributed by atoms with Gasteiger partial charge in [-0.25, -0.2) is 0 Å². The van der Waals surface area contributed by atoms with Crippen LogP contribution >= 0.6 is 23.2 Å². The molecule has 1 amide bonds. The molecule has 2 rings (SSSR count). The SMILES string of the molecule is CC(COc1ccc(Cl)cc1Cl)NC(=O)c1ccccc1C(F)(F)F. The number of amides is 1. The molecule has 0 saturated heterocycles. The summed E-state index contributed by atoms with van der Waals surface area (Å²) in [6, 6.07) is 8.71. The lowest BCUT2D eigenvalue weighted by molar-refractivity contribution is -0.137. The Kier molecular flexibility index (Phi) is 6.19. The van der Waals surface area contributed by atoms with Crippen LogP contribution in [0, 0.1) is 0 Å². The van der Waals surface area contributed by atoms with Crippen molar-refractivity contribution in [3.63, 3.8) is 0 Å². The van der Waals surface area contributed by atoms with Crippen LogP contribution in [0.25, 0.3) is 0 Å². The Morgan fingerprint density at radius 2 is 1.88 bits per heavy atom.